The van der Waals surface area contributed by atoms with Crippen molar-refractivity contribution < 1.29 is 46.1 Å². The van der Waals surface area contributed by atoms with Crippen LogP contribution in [0.5, 0.6) is 0 Å². The summed E-state index contributed by atoms with van der Waals surface area (Å²) < 4.78 is 5.22. The van der Waals surface area contributed by atoms with Crippen molar-refractivity contribution in [1.29, 1.82) is 0 Å². The van der Waals surface area contributed by atoms with Crippen molar-refractivity contribution in [2.45, 2.75) is 54.4 Å². The molecule has 0 aromatic heterocycles. The van der Waals surface area contributed by atoms with Crippen molar-refractivity contribution >= 4 is 6.48 Å². The van der Waals surface area contributed by atoms with E-state index in [4.69, 9.17) is 0 Å². The molecule has 0 saturated carbocycles. The van der Waals surface area contributed by atoms with Crippen LogP contribution in [0.3, 0.4) is 0 Å². The normalized spacial score (nSPS) is 16.4. The maximum absolute atomic E-state index is 2.58. The van der Waals surface area contributed by atoms with Gasteiger partial charge in [-0.15, -0.1) is 0 Å². The van der Waals surface area contributed by atoms with Crippen molar-refractivity contribution in [3.05, 3.63) is 110 Å². The molecule has 3 aromatic carbocycles. The van der Waals surface area contributed by atoms with Crippen LogP contribution in [0, 0.1) is 11.3 Å². The van der Waals surface area contributed by atoms with Crippen LogP contribution in [0.1, 0.15) is 64.7 Å². The molecule has 5 rings (SSSR count). The van der Waals surface area contributed by atoms with Gasteiger partial charge in [-0.25, -0.2) is 0 Å². The van der Waals surface area contributed by atoms with Gasteiger partial charge in [0.1, 0.15) is 0 Å². The van der Waals surface area contributed by atoms with Crippen LogP contribution in [0.2, 0.25) is 0 Å². The summed E-state index contributed by atoms with van der Waals surface area (Å²) in [7, 11) is 0. The zero-order valence-electron chi connectivity index (χ0n) is 22.3. The standard InChI is InChI=1S/C13H9.C11H17.C9H10.2ClH.Zr/c1-3-7-12-10(5-1)9-11-6-2-4-8-13(11)12;1-8-6-9(2)10(7-8)11(3,4)5;1-2-6-9-7-4-3-5-8-9;;;/h1-5,7-8H,9H2;7-8H,1-5H3;3-5,7-8H,2H2,1H3;2*1H;/q;;;;;+2/p-2. The van der Waals surface area contributed by atoms with E-state index < -0.39 is 21.3 Å². The van der Waals surface area contributed by atoms with Crippen LogP contribution in [-0.2, 0) is 27.7 Å². The minimum atomic E-state index is -2.45. The first kappa shape index (κ1) is 29.0. The second-order valence-electron chi connectivity index (χ2n) is 10.9. The Morgan fingerprint density at radius 3 is 2.14 bits per heavy atom. The van der Waals surface area contributed by atoms with E-state index >= 15 is 0 Å². The maximum atomic E-state index is 2.58. The molecular weight excluding hydrogens is 558 g/mol. The average molecular weight is 595 g/mol. The maximum Gasteiger partial charge on any atom is -1.00 e. The molecule has 186 valence electrons. The van der Waals surface area contributed by atoms with Crippen molar-refractivity contribution in [3.8, 4) is 11.1 Å². The van der Waals surface area contributed by atoms with Gasteiger partial charge in [-0.3, -0.25) is 0 Å². The van der Waals surface area contributed by atoms with Crippen LogP contribution < -0.4 is 28.1 Å². The molecule has 1 atom stereocenters. The first-order valence-electron chi connectivity index (χ1n) is 12.7. The van der Waals surface area contributed by atoms with E-state index in [1.807, 2.05) is 0 Å². The Hall–Kier alpha value is -1.53. The summed E-state index contributed by atoms with van der Waals surface area (Å²) in [6.45, 7) is 14.4. The van der Waals surface area contributed by atoms with Gasteiger partial charge in [-0.2, -0.15) is 0 Å². The Balaban J connectivity index is 0.00000180. The monoisotopic (exact) mass is 592 g/mol. The third kappa shape index (κ3) is 5.09. The largest absolute Gasteiger partial charge is 1.00 e. The Kier molecular flexibility index (Phi) is 9.25. The molecule has 1 unspecified atom stereocenters. The minimum Gasteiger partial charge on any atom is -1.00 e. The van der Waals surface area contributed by atoms with E-state index in [-0.39, 0.29) is 30.2 Å². The fraction of sp³-hybridized carbons (Fsp3) is 0.303. The Labute approximate surface area is 237 Å². The third-order valence-corrected chi connectivity index (χ3v) is 16.6. The SMILES string of the molecule is CC/[C](c1ccccc1)=[Zr+2](\[C]1=C(C)C(C(C)(C)C)=CC1C)[c]1cccc2c1Cc1ccccc1-2.[Cl-].[Cl-]. The fourth-order valence-corrected chi connectivity index (χ4v) is 15.0. The number of halogens is 2. The second-order valence-corrected chi connectivity index (χ2v) is 16.9. The molecule has 0 amide bonds. The second kappa shape index (κ2) is 11.5. The smallest absolute Gasteiger partial charge is 1.00 e. The number of rotatable bonds is 4. The Morgan fingerprint density at radius 1 is 0.861 bits per heavy atom. The van der Waals surface area contributed by atoms with Gasteiger partial charge in [0.25, 0.3) is 0 Å². The molecule has 0 N–H and O–H groups in total. The zero-order chi connectivity index (χ0) is 24.0. The van der Waals surface area contributed by atoms with Gasteiger partial charge in [0.2, 0.25) is 0 Å². The van der Waals surface area contributed by atoms with Crippen LogP contribution in [0.25, 0.3) is 11.1 Å². The predicted octanol–water partition coefficient (Wildman–Crippen LogP) is 2.04. The molecule has 3 heteroatoms. The zero-order valence-corrected chi connectivity index (χ0v) is 26.2. The third-order valence-electron chi connectivity index (χ3n) is 7.66. The molecule has 0 bridgehead atoms. The summed E-state index contributed by atoms with van der Waals surface area (Å²) in [6.07, 6.45) is 4.79. The quantitative estimate of drug-likeness (QED) is 0.340. The molecule has 36 heavy (non-hydrogen) atoms. The van der Waals surface area contributed by atoms with Gasteiger partial charge in [0, 0.05) is 0 Å². The van der Waals surface area contributed by atoms with Crippen LogP contribution in [0.15, 0.2) is 93.3 Å². The van der Waals surface area contributed by atoms with Crippen LogP contribution in [-0.4, -0.2) is 3.21 Å². The van der Waals surface area contributed by atoms with E-state index in [1.54, 1.807) is 26.5 Å². The summed E-state index contributed by atoms with van der Waals surface area (Å²) >= 11 is -2.45. The molecule has 3 aromatic rings. The molecule has 2 aliphatic rings. The number of hydrogen-bond acceptors (Lipinski definition) is 0. The first-order valence-corrected chi connectivity index (χ1v) is 16.4. The Bertz CT molecular complexity index is 1350. The van der Waals surface area contributed by atoms with Crippen molar-refractivity contribution in [2.75, 3.05) is 0 Å². The molecule has 0 fully saturated rings. The number of allylic oxidation sites excluding steroid dienone is 4. The van der Waals surface area contributed by atoms with E-state index in [1.165, 1.54) is 22.3 Å². The molecule has 0 nitrogen and oxygen atoms in total. The van der Waals surface area contributed by atoms with Gasteiger partial charge in [-0.1, -0.05) is 0 Å². The van der Waals surface area contributed by atoms with Gasteiger partial charge >= 0.3 is 215 Å². The number of benzene rings is 3. The first-order chi connectivity index (χ1) is 16.3. The summed E-state index contributed by atoms with van der Waals surface area (Å²) in [5, 5.41) is 0. The van der Waals surface area contributed by atoms with Crippen molar-refractivity contribution in [3.63, 3.8) is 0 Å². The molecular formula is C33H36Cl2Zr. The van der Waals surface area contributed by atoms with Crippen molar-refractivity contribution in [2.24, 2.45) is 11.3 Å². The van der Waals surface area contributed by atoms with Gasteiger partial charge < -0.3 is 24.8 Å². The van der Waals surface area contributed by atoms with E-state index in [0.717, 1.165) is 12.8 Å². The minimum absolute atomic E-state index is 0. The van der Waals surface area contributed by atoms with Crippen molar-refractivity contribution in [1.82, 2.24) is 0 Å². The van der Waals surface area contributed by atoms with E-state index in [2.05, 4.69) is 120 Å². The topological polar surface area (TPSA) is 0 Å². The predicted molar refractivity (Wildman–Crippen MR) is 145 cm³/mol. The molecule has 0 aliphatic heterocycles. The molecule has 0 heterocycles. The Morgan fingerprint density at radius 2 is 1.50 bits per heavy atom. The summed E-state index contributed by atoms with van der Waals surface area (Å²) in [6, 6.07) is 27.5. The van der Waals surface area contributed by atoms with E-state index in [0.29, 0.717) is 5.92 Å². The van der Waals surface area contributed by atoms with Crippen LogP contribution >= 0.6 is 0 Å². The molecule has 0 radical (unpaired) electrons. The number of hydrogen-bond donors (Lipinski definition) is 0. The van der Waals surface area contributed by atoms with Crippen LogP contribution in [0.4, 0.5) is 0 Å². The molecule has 0 spiro atoms. The number of fused-ring (bicyclic) bond motifs is 3. The average Bonchev–Trinajstić information content (AvgIpc) is 3.35. The van der Waals surface area contributed by atoms with E-state index in [9.17, 15) is 0 Å². The summed E-state index contributed by atoms with van der Waals surface area (Å²) in [4.78, 5) is 0. The summed E-state index contributed by atoms with van der Waals surface area (Å²) in [5.41, 5.74) is 10.8. The molecule has 2 aliphatic carbocycles. The van der Waals surface area contributed by atoms with Gasteiger partial charge in [0.05, 0.1) is 0 Å². The summed E-state index contributed by atoms with van der Waals surface area (Å²) in [5.74, 6) is 0.522. The fourth-order valence-electron chi connectivity index (χ4n) is 6.20. The molecule has 0 saturated heterocycles. The van der Waals surface area contributed by atoms with Gasteiger partial charge in [0.15, 0.2) is 0 Å². The van der Waals surface area contributed by atoms with Gasteiger partial charge in [-0.05, 0) is 0 Å².